The zero-order valence-corrected chi connectivity index (χ0v) is 12.3. The molecule has 19 heavy (non-hydrogen) atoms. The van der Waals surface area contributed by atoms with E-state index in [9.17, 15) is 4.79 Å². The normalized spacial score (nSPS) is 12.8. The van der Waals surface area contributed by atoms with Crippen molar-refractivity contribution >= 4 is 27.4 Å². The van der Waals surface area contributed by atoms with Gasteiger partial charge in [0.1, 0.15) is 6.04 Å². The average Bonchev–Trinajstić information content (AvgIpc) is 2.82. The molecule has 1 unspecified atom stereocenters. The Labute approximate surface area is 117 Å². The van der Waals surface area contributed by atoms with Crippen LogP contribution in [0.1, 0.15) is 19.4 Å². The first-order valence-electron chi connectivity index (χ1n) is 6.39. The molecule has 4 heteroatoms. The predicted molar refractivity (Wildman–Crippen MR) is 79.3 cm³/mol. The van der Waals surface area contributed by atoms with Crippen LogP contribution in [0.15, 0.2) is 29.6 Å². The maximum atomic E-state index is 11.7. The number of nitrogens with one attached hydrogen (secondary N) is 1. The molecule has 1 atom stereocenters. The fourth-order valence-electron chi connectivity index (χ4n) is 2.11. The van der Waals surface area contributed by atoms with E-state index in [1.165, 1.54) is 22.8 Å². The third-order valence-electron chi connectivity index (χ3n) is 3.20. The smallest absolute Gasteiger partial charge is 0.323 e. The standard InChI is InChI=1S/C15H19NO2S/c1-10(2)14(15(17)18-3)16-8-11-9-19-13-7-5-4-6-12(11)13/h4-7,9-10,14,16H,8H2,1-3H3. The average molecular weight is 277 g/mol. The number of ether oxygens (including phenoxy) is 1. The van der Waals surface area contributed by atoms with Gasteiger partial charge in [-0.05, 0) is 28.3 Å². The molecule has 1 aromatic heterocycles. The van der Waals surface area contributed by atoms with Crippen molar-refractivity contribution in [2.75, 3.05) is 7.11 Å². The predicted octanol–water partition coefficient (Wildman–Crippen LogP) is 3.19. The Balaban J connectivity index is 2.11. The summed E-state index contributed by atoms with van der Waals surface area (Å²) >= 11 is 1.73. The highest BCUT2D eigenvalue weighted by atomic mass is 32.1. The summed E-state index contributed by atoms with van der Waals surface area (Å²) in [4.78, 5) is 11.7. The molecule has 2 aromatic rings. The second-order valence-corrected chi connectivity index (χ2v) is 5.79. The molecular formula is C15H19NO2S. The van der Waals surface area contributed by atoms with E-state index in [1.54, 1.807) is 11.3 Å². The van der Waals surface area contributed by atoms with Crippen molar-refractivity contribution in [2.45, 2.75) is 26.4 Å². The maximum Gasteiger partial charge on any atom is 0.323 e. The number of carbonyl (C=O) groups is 1. The zero-order valence-electron chi connectivity index (χ0n) is 11.5. The molecule has 0 aliphatic heterocycles. The molecule has 0 fully saturated rings. The van der Waals surface area contributed by atoms with Gasteiger partial charge in [0.25, 0.3) is 0 Å². The quantitative estimate of drug-likeness (QED) is 0.853. The van der Waals surface area contributed by atoms with Crippen LogP contribution in [0.5, 0.6) is 0 Å². The molecule has 1 N–H and O–H groups in total. The van der Waals surface area contributed by atoms with E-state index < -0.39 is 0 Å². The van der Waals surface area contributed by atoms with E-state index in [0.717, 1.165) is 0 Å². The van der Waals surface area contributed by atoms with Gasteiger partial charge in [-0.3, -0.25) is 4.79 Å². The number of esters is 1. The lowest BCUT2D eigenvalue weighted by Crippen LogP contribution is -2.41. The minimum Gasteiger partial charge on any atom is -0.468 e. The molecule has 0 saturated carbocycles. The van der Waals surface area contributed by atoms with Gasteiger partial charge in [-0.15, -0.1) is 11.3 Å². The van der Waals surface area contributed by atoms with Gasteiger partial charge in [0.05, 0.1) is 7.11 Å². The summed E-state index contributed by atoms with van der Waals surface area (Å²) in [5.74, 6) is 0.00638. The highest BCUT2D eigenvalue weighted by Crippen LogP contribution is 2.25. The van der Waals surface area contributed by atoms with Crippen molar-refractivity contribution in [3.63, 3.8) is 0 Å². The molecular weight excluding hydrogens is 258 g/mol. The van der Waals surface area contributed by atoms with Crippen LogP contribution in [0.4, 0.5) is 0 Å². The summed E-state index contributed by atoms with van der Waals surface area (Å²) in [6, 6.07) is 8.05. The van der Waals surface area contributed by atoms with Crippen LogP contribution in [-0.4, -0.2) is 19.1 Å². The van der Waals surface area contributed by atoms with Crippen LogP contribution in [0.2, 0.25) is 0 Å². The van der Waals surface area contributed by atoms with Gasteiger partial charge in [0, 0.05) is 11.2 Å². The van der Waals surface area contributed by atoms with Crippen molar-refractivity contribution in [2.24, 2.45) is 5.92 Å². The number of hydrogen-bond donors (Lipinski definition) is 1. The molecule has 0 radical (unpaired) electrons. The number of rotatable bonds is 5. The second-order valence-electron chi connectivity index (χ2n) is 4.88. The van der Waals surface area contributed by atoms with Crippen molar-refractivity contribution in [1.82, 2.24) is 5.32 Å². The van der Waals surface area contributed by atoms with Crippen LogP contribution in [0.3, 0.4) is 0 Å². The Morgan fingerprint density at radius 1 is 1.37 bits per heavy atom. The molecule has 1 aromatic carbocycles. The highest BCUT2D eigenvalue weighted by Gasteiger charge is 2.22. The lowest BCUT2D eigenvalue weighted by atomic mass is 10.0. The summed E-state index contributed by atoms with van der Waals surface area (Å²) < 4.78 is 6.11. The molecule has 1 heterocycles. The first kappa shape index (κ1) is 14.0. The van der Waals surface area contributed by atoms with Crippen molar-refractivity contribution in [1.29, 1.82) is 0 Å². The minimum atomic E-state index is -0.260. The van der Waals surface area contributed by atoms with E-state index in [1.807, 2.05) is 26.0 Å². The van der Waals surface area contributed by atoms with E-state index in [2.05, 4.69) is 22.8 Å². The first-order chi connectivity index (χ1) is 9.13. The molecule has 3 nitrogen and oxygen atoms in total. The summed E-state index contributed by atoms with van der Waals surface area (Å²) in [6.07, 6.45) is 0. The topological polar surface area (TPSA) is 38.3 Å². The van der Waals surface area contributed by atoms with Gasteiger partial charge in [-0.25, -0.2) is 0 Å². The SMILES string of the molecule is COC(=O)C(NCc1csc2ccccc12)C(C)C. The summed E-state index contributed by atoms with van der Waals surface area (Å²) in [6.45, 7) is 4.71. The molecule has 0 bridgehead atoms. The third kappa shape index (κ3) is 3.14. The summed E-state index contributed by atoms with van der Waals surface area (Å²) in [5, 5.41) is 6.70. The zero-order chi connectivity index (χ0) is 13.8. The lowest BCUT2D eigenvalue weighted by Gasteiger charge is -2.19. The summed E-state index contributed by atoms with van der Waals surface area (Å²) in [7, 11) is 1.43. The fourth-order valence-corrected chi connectivity index (χ4v) is 3.07. The van der Waals surface area contributed by atoms with Gasteiger partial charge < -0.3 is 10.1 Å². The molecule has 2 rings (SSSR count). The molecule has 0 spiro atoms. The number of thiophene rings is 1. The monoisotopic (exact) mass is 277 g/mol. The van der Waals surface area contributed by atoms with Crippen LogP contribution in [-0.2, 0) is 16.1 Å². The Kier molecular flexibility index (Phi) is 4.56. The molecule has 0 saturated heterocycles. The van der Waals surface area contributed by atoms with Crippen molar-refractivity contribution in [3.8, 4) is 0 Å². The van der Waals surface area contributed by atoms with E-state index in [4.69, 9.17) is 4.74 Å². The van der Waals surface area contributed by atoms with Crippen LogP contribution < -0.4 is 5.32 Å². The Morgan fingerprint density at radius 3 is 2.79 bits per heavy atom. The van der Waals surface area contributed by atoms with Gasteiger partial charge in [-0.1, -0.05) is 32.0 Å². The molecule has 102 valence electrons. The van der Waals surface area contributed by atoms with E-state index >= 15 is 0 Å². The number of carbonyl (C=O) groups excluding carboxylic acids is 1. The van der Waals surface area contributed by atoms with Gasteiger partial charge in [0.15, 0.2) is 0 Å². The van der Waals surface area contributed by atoms with Crippen molar-refractivity contribution in [3.05, 3.63) is 35.2 Å². The lowest BCUT2D eigenvalue weighted by molar-refractivity contribution is -0.144. The Bertz CT molecular complexity index is 562. The molecule has 0 aliphatic rings. The van der Waals surface area contributed by atoms with E-state index in [-0.39, 0.29) is 17.9 Å². The fraction of sp³-hybridized carbons (Fsp3) is 0.400. The molecule has 0 aliphatic carbocycles. The van der Waals surface area contributed by atoms with Gasteiger partial charge in [-0.2, -0.15) is 0 Å². The maximum absolute atomic E-state index is 11.7. The van der Waals surface area contributed by atoms with Crippen LogP contribution in [0.25, 0.3) is 10.1 Å². The number of hydrogen-bond acceptors (Lipinski definition) is 4. The Hall–Kier alpha value is -1.39. The molecule has 0 amide bonds. The second kappa shape index (κ2) is 6.17. The number of benzene rings is 1. The number of fused-ring (bicyclic) bond motifs is 1. The third-order valence-corrected chi connectivity index (χ3v) is 4.21. The number of methoxy groups -OCH3 is 1. The largest absolute Gasteiger partial charge is 0.468 e. The Morgan fingerprint density at radius 2 is 2.11 bits per heavy atom. The van der Waals surface area contributed by atoms with E-state index in [0.29, 0.717) is 6.54 Å². The highest BCUT2D eigenvalue weighted by molar-refractivity contribution is 7.17. The minimum absolute atomic E-state index is 0.200. The first-order valence-corrected chi connectivity index (χ1v) is 7.27. The van der Waals surface area contributed by atoms with Crippen molar-refractivity contribution < 1.29 is 9.53 Å². The van der Waals surface area contributed by atoms with Gasteiger partial charge >= 0.3 is 5.97 Å². The van der Waals surface area contributed by atoms with Gasteiger partial charge in [0.2, 0.25) is 0 Å². The summed E-state index contributed by atoms with van der Waals surface area (Å²) in [5.41, 5.74) is 1.23. The van der Waals surface area contributed by atoms with Crippen LogP contribution >= 0.6 is 11.3 Å². The van der Waals surface area contributed by atoms with Crippen LogP contribution in [0, 0.1) is 5.92 Å².